The summed E-state index contributed by atoms with van der Waals surface area (Å²) in [5, 5.41) is -0.933. The maximum atomic E-state index is 13.8. The van der Waals surface area contributed by atoms with Crippen molar-refractivity contribution in [2.75, 3.05) is 7.11 Å². The Morgan fingerprint density at radius 3 is 2.15 bits per heavy atom. The highest BCUT2D eigenvalue weighted by Crippen LogP contribution is 2.35. The van der Waals surface area contributed by atoms with Crippen molar-refractivity contribution in [1.82, 2.24) is 0 Å². The van der Waals surface area contributed by atoms with E-state index in [0.29, 0.717) is 0 Å². The van der Waals surface area contributed by atoms with Crippen LogP contribution in [-0.4, -0.2) is 7.11 Å². The van der Waals surface area contributed by atoms with Crippen LogP contribution in [0.25, 0.3) is 0 Å². The van der Waals surface area contributed by atoms with Gasteiger partial charge in [0.05, 0.1) is 12.5 Å². The first-order valence-corrected chi connectivity index (χ1v) is 6.37. The summed E-state index contributed by atoms with van der Waals surface area (Å²) in [6, 6.07) is 7.80. The molecule has 0 aliphatic rings. The van der Waals surface area contributed by atoms with Crippen molar-refractivity contribution in [3.05, 3.63) is 65.0 Å². The average molecular weight is 301 g/mol. The lowest BCUT2D eigenvalue weighted by Crippen LogP contribution is -2.05. The predicted molar refractivity (Wildman–Crippen MR) is 71.6 cm³/mol. The van der Waals surface area contributed by atoms with Crippen LogP contribution in [-0.2, 0) is 6.42 Å². The highest BCUT2D eigenvalue weighted by Gasteiger charge is 2.21. The summed E-state index contributed by atoms with van der Waals surface area (Å²) >= 11 is 6.12. The molecular weight excluding hydrogens is 289 g/mol. The van der Waals surface area contributed by atoms with Crippen molar-refractivity contribution in [2.45, 2.75) is 11.8 Å². The smallest absolute Gasteiger partial charge is 0.131 e. The molecule has 0 fully saturated rings. The van der Waals surface area contributed by atoms with Crippen LogP contribution in [0.2, 0.25) is 0 Å². The van der Waals surface area contributed by atoms with Crippen LogP contribution in [0.15, 0.2) is 36.4 Å². The zero-order valence-corrected chi connectivity index (χ0v) is 11.4. The van der Waals surface area contributed by atoms with E-state index in [9.17, 15) is 13.2 Å². The zero-order valence-electron chi connectivity index (χ0n) is 10.7. The van der Waals surface area contributed by atoms with E-state index >= 15 is 0 Å². The SMILES string of the molecule is COc1cccc(F)c1C(Cl)Cc1c(F)cccc1F. The van der Waals surface area contributed by atoms with E-state index in [1.165, 1.54) is 25.3 Å². The van der Waals surface area contributed by atoms with E-state index in [2.05, 4.69) is 0 Å². The molecule has 0 aromatic heterocycles. The van der Waals surface area contributed by atoms with Gasteiger partial charge in [0.15, 0.2) is 0 Å². The van der Waals surface area contributed by atoms with Gasteiger partial charge in [0.25, 0.3) is 0 Å². The minimum atomic E-state index is -0.933. The largest absolute Gasteiger partial charge is 0.496 e. The van der Waals surface area contributed by atoms with Gasteiger partial charge < -0.3 is 4.74 Å². The molecule has 2 aromatic rings. The minimum Gasteiger partial charge on any atom is -0.496 e. The van der Waals surface area contributed by atoms with E-state index in [1.54, 1.807) is 6.07 Å². The normalized spacial score (nSPS) is 12.2. The van der Waals surface area contributed by atoms with Gasteiger partial charge in [-0.1, -0.05) is 12.1 Å². The van der Waals surface area contributed by atoms with Gasteiger partial charge in [-0.3, -0.25) is 0 Å². The summed E-state index contributed by atoms with van der Waals surface area (Å²) < 4.78 is 46.0. The van der Waals surface area contributed by atoms with Crippen molar-refractivity contribution in [1.29, 1.82) is 0 Å². The van der Waals surface area contributed by atoms with Gasteiger partial charge in [0, 0.05) is 11.1 Å². The number of ether oxygens (including phenoxy) is 1. The molecule has 5 heteroatoms. The molecule has 0 aliphatic carbocycles. The van der Waals surface area contributed by atoms with E-state index in [1.807, 2.05) is 0 Å². The Kier molecular flexibility index (Phi) is 4.55. The number of alkyl halides is 1. The van der Waals surface area contributed by atoms with Crippen LogP contribution in [0.1, 0.15) is 16.5 Å². The third-order valence-corrected chi connectivity index (χ3v) is 3.36. The zero-order chi connectivity index (χ0) is 14.7. The summed E-state index contributed by atoms with van der Waals surface area (Å²) in [6.45, 7) is 0. The predicted octanol–water partition coefficient (Wildman–Crippen LogP) is 4.64. The fourth-order valence-electron chi connectivity index (χ4n) is 2.01. The summed E-state index contributed by atoms with van der Waals surface area (Å²) in [7, 11) is 1.38. The van der Waals surface area contributed by atoms with Crippen molar-refractivity contribution < 1.29 is 17.9 Å². The molecule has 2 rings (SSSR count). The van der Waals surface area contributed by atoms with Crippen LogP contribution in [0.4, 0.5) is 13.2 Å². The lowest BCUT2D eigenvalue weighted by atomic mass is 10.0. The van der Waals surface area contributed by atoms with Crippen LogP contribution < -0.4 is 4.74 Å². The third-order valence-electron chi connectivity index (χ3n) is 2.99. The molecule has 0 heterocycles. The second kappa shape index (κ2) is 6.18. The maximum absolute atomic E-state index is 13.8. The molecule has 0 spiro atoms. The van der Waals surface area contributed by atoms with Crippen LogP contribution in [0.5, 0.6) is 5.75 Å². The van der Waals surface area contributed by atoms with Crippen LogP contribution >= 0.6 is 11.6 Å². The Bertz CT molecular complexity index is 596. The lowest BCUT2D eigenvalue weighted by Gasteiger charge is -2.15. The van der Waals surface area contributed by atoms with Crippen LogP contribution in [0, 0.1) is 17.5 Å². The second-order valence-electron chi connectivity index (χ2n) is 4.23. The molecule has 0 N–H and O–H groups in total. The molecule has 106 valence electrons. The Morgan fingerprint density at radius 2 is 1.55 bits per heavy atom. The summed E-state index contributed by atoms with van der Waals surface area (Å²) in [5.74, 6) is -1.72. The van der Waals surface area contributed by atoms with Gasteiger partial charge in [-0.25, -0.2) is 13.2 Å². The molecule has 0 radical (unpaired) electrons. The first-order valence-electron chi connectivity index (χ1n) is 5.94. The number of benzene rings is 2. The number of halogens is 4. The summed E-state index contributed by atoms with van der Waals surface area (Å²) in [5.41, 5.74) is -0.0721. The molecule has 20 heavy (non-hydrogen) atoms. The number of rotatable bonds is 4. The molecule has 0 saturated carbocycles. The molecule has 0 amide bonds. The first-order chi connectivity index (χ1) is 9.54. The Balaban J connectivity index is 2.36. The Labute approximate surface area is 119 Å². The Hall–Kier alpha value is -1.68. The van der Waals surface area contributed by atoms with Gasteiger partial charge in [-0.05, 0) is 30.7 Å². The molecule has 2 aromatic carbocycles. The highest BCUT2D eigenvalue weighted by atomic mass is 35.5. The van der Waals surface area contributed by atoms with E-state index in [4.69, 9.17) is 16.3 Å². The van der Waals surface area contributed by atoms with Crippen molar-refractivity contribution in [3.63, 3.8) is 0 Å². The van der Waals surface area contributed by atoms with Crippen LogP contribution in [0.3, 0.4) is 0 Å². The fourth-order valence-corrected chi connectivity index (χ4v) is 2.37. The van der Waals surface area contributed by atoms with E-state index in [0.717, 1.165) is 12.1 Å². The highest BCUT2D eigenvalue weighted by molar-refractivity contribution is 6.21. The minimum absolute atomic E-state index is 0.0966. The molecular formula is C15H12ClF3O. The summed E-state index contributed by atoms with van der Waals surface area (Å²) in [6.07, 6.45) is -0.169. The first kappa shape index (κ1) is 14.7. The van der Waals surface area contributed by atoms with Gasteiger partial charge in [-0.2, -0.15) is 0 Å². The van der Waals surface area contributed by atoms with Gasteiger partial charge in [0.2, 0.25) is 0 Å². The van der Waals surface area contributed by atoms with Crippen molar-refractivity contribution >= 4 is 11.6 Å². The molecule has 0 saturated heterocycles. The molecule has 0 aliphatic heterocycles. The summed E-state index contributed by atoms with van der Waals surface area (Å²) in [4.78, 5) is 0. The van der Waals surface area contributed by atoms with Crippen molar-refractivity contribution in [2.24, 2.45) is 0 Å². The maximum Gasteiger partial charge on any atom is 0.131 e. The molecule has 1 nitrogen and oxygen atoms in total. The van der Waals surface area contributed by atoms with Gasteiger partial charge in [-0.15, -0.1) is 11.6 Å². The fraction of sp³-hybridized carbons (Fsp3) is 0.200. The average Bonchev–Trinajstić information content (AvgIpc) is 2.42. The second-order valence-corrected chi connectivity index (χ2v) is 4.75. The van der Waals surface area contributed by atoms with E-state index in [-0.39, 0.29) is 23.3 Å². The molecule has 0 bridgehead atoms. The molecule has 1 atom stereocenters. The number of methoxy groups -OCH3 is 1. The van der Waals surface area contributed by atoms with Gasteiger partial charge in [0.1, 0.15) is 23.2 Å². The lowest BCUT2D eigenvalue weighted by molar-refractivity contribution is 0.403. The monoisotopic (exact) mass is 300 g/mol. The van der Waals surface area contributed by atoms with E-state index < -0.39 is 22.8 Å². The standard InChI is InChI=1S/C15H12ClF3O/c1-20-14-7-3-6-13(19)15(14)10(16)8-9-11(17)4-2-5-12(9)18/h2-7,10H,8H2,1H3. The number of hydrogen-bond donors (Lipinski definition) is 0. The quantitative estimate of drug-likeness (QED) is 0.748. The topological polar surface area (TPSA) is 9.23 Å². The number of hydrogen-bond acceptors (Lipinski definition) is 1. The molecule has 1 unspecified atom stereocenters. The van der Waals surface area contributed by atoms with Crippen molar-refractivity contribution in [3.8, 4) is 5.75 Å². The third kappa shape index (κ3) is 2.90. The Morgan fingerprint density at radius 1 is 1.00 bits per heavy atom. The van der Waals surface area contributed by atoms with Gasteiger partial charge >= 0.3 is 0 Å².